The number of hydrogen-bond donors (Lipinski definition) is 1. The molecule has 1 fully saturated rings. The number of Topliss-reactive ketones (excluding diaryl/α,β-unsaturated/α-hetero) is 1. The van der Waals surface area contributed by atoms with Crippen molar-refractivity contribution in [3.05, 3.63) is 35.8 Å². The first kappa shape index (κ1) is 11.4. The third kappa shape index (κ3) is 1.73. The van der Waals surface area contributed by atoms with Crippen LogP contribution in [-0.4, -0.2) is 10.9 Å². The summed E-state index contributed by atoms with van der Waals surface area (Å²) in [7, 11) is 0. The summed E-state index contributed by atoms with van der Waals surface area (Å²) >= 11 is 0. The molecule has 3 nitrogen and oxygen atoms in total. The van der Waals surface area contributed by atoms with Gasteiger partial charge in [0.05, 0.1) is 0 Å². The average Bonchev–Trinajstić information content (AvgIpc) is 2.79. The lowest BCUT2D eigenvalue weighted by Gasteiger charge is -2.29. The van der Waals surface area contributed by atoms with E-state index < -0.39 is 11.4 Å². The predicted molar refractivity (Wildman–Crippen MR) is 63.5 cm³/mol. The highest BCUT2D eigenvalue weighted by Gasteiger charge is 2.37. The largest absolute Gasteiger partial charge is 0.455 e. The van der Waals surface area contributed by atoms with Crippen LogP contribution in [0.2, 0.25) is 0 Å². The van der Waals surface area contributed by atoms with Crippen molar-refractivity contribution in [2.45, 2.75) is 31.3 Å². The molecule has 18 heavy (non-hydrogen) atoms. The van der Waals surface area contributed by atoms with Crippen LogP contribution >= 0.6 is 0 Å². The van der Waals surface area contributed by atoms with Crippen LogP contribution in [0.1, 0.15) is 31.4 Å². The Bertz CT molecular complexity index is 605. The zero-order chi connectivity index (χ0) is 12.8. The van der Waals surface area contributed by atoms with Gasteiger partial charge in [-0.2, -0.15) is 0 Å². The summed E-state index contributed by atoms with van der Waals surface area (Å²) in [4.78, 5) is 11.2. The van der Waals surface area contributed by atoms with Gasteiger partial charge in [-0.25, -0.2) is 4.39 Å². The number of carbonyl (C=O) groups excluding carboxylic acids is 1. The average molecular weight is 248 g/mol. The molecule has 3 rings (SSSR count). The number of furan rings is 1. The van der Waals surface area contributed by atoms with E-state index in [1.165, 1.54) is 6.07 Å². The normalized spacial score (nSPS) is 19.3. The number of halogens is 1. The SMILES string of the molecule is O=C1CCC(O)(c2cc3cccc(F)c3o2)CC1. The smallest absolute Gasteiger partial charge is 0.170 e. The monoisotopic (exact) mass is 248 g/mol. The van der Waals surface area contributed by atoms with Gasteiger partial charge in [-0.15, -0.1) is 0 Å². The van der Waals surface area contributed by atoms with Crippen LogP contribution in [0.25, 0.3) is 11.0 Å². The summed E-state index contributed by atoms with van der Waals surface area (Å²) < 4.78 is 19.0. The Morgan fingerprint density at radius 2 is 2.00 bits per heavy atom. The van der Waals surface area contributed by atoms with E-state index in [0.717, 1.165) is 0 Å². The van der Waals surface area contributed by atoms with Crippen molar-refractivity contribution >= 4 is 16.8 Å². The highest BCUT2D eigenvalue weighted by Crippen LogP contribution is 2.38. The van der Waals surface area contributed by atoms with Crippen molar-refractivity contribution in [3.63, 3.8) is 0 Å². The third-order valence-electron chi connectivity index (χ3n) is 3.59. The van der Waals surface area contributed by atoms with Gasteiger partial charge in [-0.05, 0) is 25.0 Å². The molecule has 0 spiro atoms. The number of aliphatic hydroxyl groups is 1. The van der Waals surface area contributed by atoms with E-state index >= 15 is 0 Å². The van der Waals surface area contributed by atoms with E-state index in [2.05, 4.69) is 0 Å². The van der Waals surface area contributed by atoms with Crippen molar-refractivity contribution in [2.24, 2.45) is 0 Å². The van der Waals surface area contributed by atoms with Crippen LogP contribution in [0.3, 0.4) is 0 Å². The van der Waals surface area contributed by atoms with E-state index in [1.807, 2.05) is 0 Å². The van der Waals surface area contributed by atoms with Gasteiger partial charge in [0.1, 0.15) is 17.1 Å². The Morgan fingerprint density at radius 3 is 2.67 bits per heavy atom. The molecule has 94 valence electrons. The highest BCUT2D eigenvalue weighted by molar-refractivity contribution is 5.80. The van der Waals surface area contributed by atoms with Crippen LogP contribution in [0.5, 0.6) is 0 Å². The zero-order valence-corrected chi connectivity index (χ0v) is 9.78. The zero-order valence-electron chi connectivity index (χ0n) is 9.78. The fourth-order valence-corrected chi connectivity index (χ4v) is 2.45. The minimum absolute atomic E-state index is 0.155. The van der Waals surface area contributed by atoms with Gasteiger partial charge >= 0.3 is 0 Å². The topological polar surface area (TPSA) is 50.4 Å². The molecule has 0 aliphatic heterocycles. The van der Waals surface area contributed by atoms with Crippen LogP contribution in [0.15, 0.2) is 28.7 Å². The molecule has 1 N–H and O–H groups in total. The second kappa shape index (κ2) is 3.92. The molecule has 0 atom stereocenters. The van der Waals surface area contributed by atoms with E-state index in [4.69, 9.17) is 4.42 Å². The van der Waals surface area contributed by atoms with Gasteiger partial charge in [0, 0.05) is 18.2 Å². The number of rotatable bonds is 1. The van der Waals surface area contributed by atoms with Crippen molar-refractivity contribution in [1.82, 2.24) is 0 Å². The standard InChI is InChI=1S/C14H13FO3/c15-11-3-1-2-9-8-12(18-13(9)11)14(17)6-4-10(16)5-7-14/h1-3,8,17H,4-7H2. The van der Waals surface area contributed by atoms with E-state index in [0.29, 0.717) is 36.8 Å². The highest BCUT2D eigenvalue weighted by atomic mass is 19.1. The summed E-state index contributed by atoms with van der Waals surface area (Å²) in [6.07, 6.45) is 1.37. The fourth-order valence-electron chi connectivity index (χ4n) is 2.45. The van der Waals surface area contributed by atoms with Crippen molar-refractivity contribution in [2.75, 3.05) is 0 Å². The second-order valence-corrected chi connectivity index (χ2v) is 4.84. The first-order valence-electron chi connectivity index (χ1n) is 6.01. The summed E-state index contributed by atoms with van der Waals surface area (Å²) in [5.41, 5.74) is -0.975. The Morgan fingerprint density at radius 1 is 1.28 bits per heavy atom. The number of benzene rings is 1. The lowest BCUT2D eigenvalue weighted by Crippen LogP contribution is -2.31. The molecule has 0 unspecified atom stereocenters. The fraction of sp³-hybridized carbons (Fsp3) is 0.357. The van der Waals surface area contributed by atoms with Crippen molar-refractivity contribution < 1.29 is 18.7 Å². The molecule has 0 amide bonds. The maximum absolute atomic E-state index is 13.5. The van der Waals surface area contributed by atoms with Gasteiger partial charge in [-0.3, -0.25) is 4.79 Å². The summed E-state index contributed by atoms with van der Waals surface area (Å²) in [5.74, 6) is 0.0753. The van der Waals surface area contributed by atoms with E-state index in [1.54, 1.807) is 18.2 Å². The minimum atomic E-state index is -1.14. The molecule has 1 aliphatic carbocycles. The lowest BCUT2D eigenvalue weighted by molar-refractivity contribution is -0.126. The molecule has 0 bridgehead atoms. The van der Waals surface area contributed by atoms with Crippen LogP contribution < -0.4 is 0 Å². The van der Waals surface area contributed by atoms with Gasteiger partial charge in [0.25, 0.3) is 0 Å². The second-order valence-electron chi connectivity index (χ2n) is 4.84. The van der Waals surface area contributed by atoms with Crippen LogP contribution in [-0.2, 0) is 10.4 Å². The maximum atomic E-state index is 13.5. The molecule has 1 saturated carbocycles. The first-order chi connectivity index (χ1) is 8.58. The van der Waals surface area contributed by atoms with Crippen LogP contribution in [0, 0.1) is 5.82 Å². The Kier molecular flexibility index (Phi) is 2.48. The molecular formula is C14H13FO3. The molecule has 0 radical (unpaired) electrons. The molecule has 0 saturated heterocycles. The minimum Gasteiger partial charge on any atom is -0.455 e. The quantitative estimate of drug-likeness (QED) is 0.844. The number of carbonyl (C=O) groups is 1. The Hall–Kier alpha value is -1.68. The predicted octanol–water partition coefficient (Wildman–Crippen LogP) is 2.90. The molecular weight excluding hydrogens is 235 g/mol. The summed E-state index contributed by atoms with van der Waals surface area (Å²) in [5, 5.41) is 11.1. The van der Waals surface area contributed by atoms with Crippen molar-refractivity contribution in [1.29, 1.82) is 0 Å². The van der Waals surface area contributed by atoms with Gasteiger partial charge in [0.15, 0.2) is 11.4 Å². The molecule has 1 aromatic heterocycles. The molecule has 2 aromatic rings. The van der Waals surface area contributed by atoms with Crippen molar-refractivity contribution in [3.8, 4) is 0 Å². The molecule has 1 heterocycles. The van der Waals surface area contributed by atoms with Gasteiger partial charge in [-0.1, -0.05) is 12.1 Å². The van der Waals surface area contributed by atoms with Gasteiger partial charge < -0.3 is 9.52 Å². The first-order valence-corrected chi connectivity index (χ1v) is 6.01. The molecule has 4 heteroatoms. The van der Waals surface area contributed by atoms with Gasteiger partial charge in [0.2, 0.25) is 0 Å². The number of fused-ring (bicyclic) bond motifs is 1. The van der Waals surface area contributed by atoms with Crippen LogP contribution in [0.4, 0.5) is 4.39 Å². The number of hydrogen-bond acceptors (Lipinski definition) is 3. The maximum Gasteiger partial charge on any atom is 0.170 e. The Balaban J connectivity index is 2.04. The summed E-state index contributed by atoms with van der Waals surface area (Å²) in [6.45, 7) is 0. The third-order valence-corrected chi connectivity index (χ3v) is 3.59. The molecule has 1 aliphatic rings. The van der Waals surface area contributed by atoms with E-state index in [9.17, 15) is 14.3 Å². The summed E-state index contributed by atoms with van der Waals surface area (Å²) in [6, 6.07) is 6.33. The number of ketones is 1. The van der Waals surface area contributed by atoms with E-state index in [-0.39, 0.29) is 11.4 Å². The Labute approximate surface area is 103 Å². The lowest BCUT2D eigenvalue weighted by atomic mass is 9.82. The number of para-hydroxylation sites is 1. The molecule has 1 aromatic carbocycles.